The summed E-state index contributed by atoms with van der Waals surface area (Å²) < 4.78 is 0. The maximum absolute atomic E-state index is 12.0. The minimum atomic E-state index is 0.0287. The summed E-state index contributed by atoms with van der Waals surface area (Å²) in [6, 6.07) is 7.46. The summed E-state index contributed by atoms with van der Waals surface area (Å²) in [5, 5.41) is 8.96. The normalized spacial score (nSPS) is 18.5. The molecule has 1 fully saturated rings. The Hall–Kier alpha value is -1.80. The van der Waals surface area contributed by atoms with Crippen LogP contribution >= 0.6 is 11.8 Å². The predicted molar refractivity (Wildman–Crippen MR) is 74.9 cm³/mol. The molecule has 0 aromatic heterocycles. The maximum Gasteiger partial charge on any atom is 0.228 e. The molecule has 1 aromatic rings. The molecule has 1 atom stereocenters. The molecule has 2 rings (SSSR count). The summed E-state index contributed by atoms with van der Waals surface area (Å²) in [4.78, 5) is 24.7. The lowest BCUT2D eigenvalue weighted by Gasteiger charge is -2.17. The Labute approximate surface area is 116 Å². The van der Waals surface area contributed by atoms with Gasteiger partial charge in [0.1, 0.15) is 0 Å². The van der Waals surface area contributed by atoms with Crippen LogP contribution in [0.15, 0.2) is 18.2 Å². The van der Waals surface area contributed by atoms with E-state index in [1.54, 1.807) is 17.0 Å². The number of rotatable bonds is 2. The first-order chi connectivity index (χ1) is 9.01. The SMILES string of the molecule is CC(=O)SC1CC(=O)N(c2ccc(C#N)c(C)c2)C1. The Morgan fingerprint density at radius 1 is 1.53 bits per heavy atom. The monoisotopic (exact) mass is 274 g/mol. The summed E-state index contributed by atoms with van der Waals surface area (Å²) in [7, 11) is 0. The largest absolute Gasteiger partial charge is 0.311 e. The predicted octanol–water partition coefficient (Wildman–Crippen LogP) is 2.25. The van der Waals surface area contributed by atoms with Crippen molar-refractivity contribution < 1.29 is 9.59 Å². The molecule has 0 spiro atoms. The second-order valence-corrected chi connectivity index (χ2v) is 6.03. The molecule has 1 aromatic carbocycles. The molecule has 1 aliphatic rings. The van der Waals surface area contributed by atoms with E-state index in [1.165, 1.54) is 18.7 Å². The van der Waals surface area contributed by atoms with Gasteiger partial charge in [0.05, 0.1) is 11.6 Å². The van der Waals surface area contributed by atoms with Gasteiger partial charge in [-0.25, -0.2) is 0 Å². The second-order valence-electron chi connectivity index (χ2n) is 4.55. The number of benzene rings is 1. The van der Waals surface area contributed by atoms with Crippen molar-refractivity contribution in [1.29, 1.82) is 5.26 Å². The van der Waals surface area contributed by atoms with E-state index in [0.717, 1.165) is 11.3 Å². The third kappa shape index (κ3) is 2.96. The van der Waals surface area contributed by atoms with Gasteiger partial charge in [-0.15, -0.1) is 0 Å². The minimum Gasteiger partial charge on any atom is -0.311 e. The van der Waals surface area contributed by atoms with Crippen molar-refractivity contribution in [2.75, 3.05) is 11.4 Å². The Kier molecular flexibility index (Phi) is 3.91. The number of hydrogen-bond acceptors (Lipinski definition) is 4. The van der Waals surface area contributed by atoms with E-state index in [-0.39, 0.29) is 16.3 Å². The van der Waals surface area contributed by atoms with Crippen molar-refractivity contribution in [3.05, 3.63) is 29.3 Å². The van der Waals surface area contributed by atoms with Gasteiger partial charge in [0.25, 0.3) is 0 Å². The van der Waals surface area contributed by atoms with Crippen LogP contribution in [0.3, 0.4) is 0 Å². The molecule has 1 saturated heterocycles. The van der Waals surface area contributed by atoms with E-state index in [9.17, 15) is 9.59 Å². The van der Waals surface area contributed by atoms with Crippen LogP contribution in [0, 0.1) is 18.3 Å². The zero-order chi connectivity index (χ0) is 14.0. The van der Waals surface area contributed by atoms with Crippen LogP contribution in [-0.2, 0) is 9.59 Å². The van der Waals surface area contributed by atoms with Crippen molar-refractivity contribution in [1.82, 2.24) is 0 Å². The highest BCUT2D eigenvalue weighted by Gasteiger charge is 2.31. The number of aryl methyl sites for hydroxylation is 1. The molecule has 0 radical (unpaired) electrons. The zero-order valence-electron chi connectivity index (χ0n) is 10.8. The van der Waals surface area contributed by atoms with Crippen molar-refractivity contribution in [2.45, 2.75) is 25.5 Å². The molecule has 5 heteroatoms. The Bertz CT molecular complexity index is 577. The Balaban J connectivity index is 2.19. The minimum absolute atomic E-state index is 0.0287. The fraction of sp³-hybridized carbons (Fsp3) is 0.357. The number of hydrogen-bond donors (Lipinski definition) is 0. The number of carbonyl (C=O) groups is 2. The Morgan fingerprint density at radius 2 is 2.26 bits per heavy atom. The van der Waals surface area contributed by atoms with Crippen LogP contribution in [-0.4, -0.2) is 22.8 Å². The number of anilines is 1. The van der Waals surface area contributed by atoms with Gasteiger partial charge in [0.15, 0.2) is 5.12 Å². The molecule has 98 valence electrons. The first-order valence-corrected chi connectivity index (χ1v) is 6.87. The van der Waals surface area contributed by atoms with Gasteiger partial charge >= 0.3 is 0 Å². The van der Waals surface area contributed by atoms with Crippen molar-refractivity contribution in [3.63, 3.8) is 0 Å². The molecular formula is C14H14N2O2S. The zero-order valence-corrected chi connectivity index (χ0v) is 11.7. The number of thioether (sulfide) groups is 1. The molecule has 1 unspecified atom stereocenters. The van der Waals surface area contributed by atoms with E-state index in [1.807, 2.05) is 13.0 Å². The van der Waals surface area contributed by atoms with Crippen LogP contribution in [0.4, 0.5) is 5.69 Å². The van der Waals surface area contributed by atoms with Crippen molar-refractivity contribution in [3.8, 4) is 6.07 Å². The van der Waals surface area contributed by atoms with E-state index in [0.29, 0.717) is 18.5 Å². The summed E-state index contributed by atoms with van der Waals surface area (Å²) in [5.41, 5.74) is 2.27. The number of amides is 1. The summed E-state index contributed by atoms with van der Waals surface area (Å²) >= 11 is 1.22. The molecule has 0 saturated carbocycles. The molecule has 0 aliphatic carbocycles. The fourth-order valence-corrected chi connectivity index (χ4v) is 3.10. The molecule has 1 amide bonds. The number of nitrogens with zero attached hydrogens (tertiary/aromatic N) is 2. The molecular weight excluding hydrogens is 260 g/mol. The van der Waals surface area contributed by atoms with E-state index in [2.05, 4.69) is 6.07 Å². The number of nitriles is 1. The molecule has 1 heterocycles. The molecule has 4 nitrogen and oxygen atoms in total. The van der Waals surface area contributed by atoms with Crippen LogP contribution in [0.1, 0.15) is 24.5 Å². The number of carbonyl (C=O) groups excluding carboxylic acids is 2. The maximum atomic E-state index is 12.0. The first-order valence-electron chi connectivity index (χ1n) is 5.99. The fourth-order valence-electron chi connectivity index (χ4n) is 2.18. The van der Waals surface area contributed by atoms with Crippen LogP contribution in [0.25, 0.3) is 0 Å². The standard InChI is InChI=1S/C14H14N2O2S/c1-9-5-12(4-3-11(9)7-15)16-8-13(6-14(16)18)19-10(2)17/h3-5,13H,6,8H2,1-2H3. The highest BCUT2D eigenvalue weighted by atomic mass is 32.2. The van der Waals surface area contributed by atoms with E-state index < -0.39 is 0 Å². The van der Waals surface area contributed by atoms with Gasteiger partial charge < -0.3 is 4.90 Å². The molecule has 0 N–H and O–H groups in total. The highest BCUT2D eigenvalue weighted by molar-refractivity contribution is 8.14. The highest BCUT2D eigenvalue weighted by Crippen LogP contribution is 2.29. The van der Waals surface area contributed by atoms with E-state index in [4.69, 9.17) is 5.26 Å². The smallest absolute Gasteiger partial charge is 0.228 e. The van der Waals surface area contributed by atoms with Crippen LogP contribution in [0.5, 0.6) is 0 Å². The average molecular weight is 274 g/mol. The molecule has 0 bridgehead atoms. The van der Waals surface area contributed by atoms with Gasteiger partial charge in [-0.1, -0.05) is 11.8 Å². The third-order valence-electron chi connectivity index (χ3n) is 3.06. The van der Waals surface area contributed by atoms with Crippen LogP contribution < -0.4 is 4.90 Å². The van der Waals surface area contributed by atoms with Crippen LogP contribution in [0.2, 0.25) is 0 Å². The van der Waals surface area contributed by atoms with Gasteiger partial charge in [0, 0.05) is 30.8 Å². The van der Waals surface area contributed by atoms with Gasteiger partial charge in [-0.2, -0.15) is 5.26 Å². The van der Waals surface area contributed by atoms with Gasteiger partial charge in [0.2, 0.25) is 5.91 Å². The molecule has 19 heavy (non-hydrogen) atoms. The average Bonchev–Trinajstić information content (AvgIpc) is 2.69. The summed E-state index contributed by atoms with van der Waals surface area (Å²) in [5.74, 6) is 0.0304. The van der Waals surface area contributed by atoms with E-state index >= 15 is 0 Å². The summed E-state index contributed by atoms with van der Waals surface area (Å²) in [6.07, 6.45) is 0.392. The van der Waals surface area contributed by atoms with Gasteiger partial charge in [-0.05, 0) is 30.7 Å². The van der Waals surface area contributed by atoms with Gasteiger partial charge in [-0.3, -0.25) is 9.59 Å². The van der Waals surface area contributed by atoms with Crippen molar-refractivity contribution in [2.24, 2.45) is 0 Å². The molecule has 1 aliphatic heterocycles. The van der Waals surface area contributed by atoms with Crippen molar-refractivity contribution >= 4 is 28.5 Å². The quantitative estimate of drug-likeness (QED) is 0.830. The first kappa shape index (κ1) is 13.6. The lowest BCUT2D eigenvalue weighted by Crippen LogP contribution is -2.25. The second kappa shape index (κ2) is 5.45. The topological polar surface area (TPSA) is 61.2 Å². The lowest BCUT2D eigenvalue weighted by molar-refractivity contribution is -0.117. The Morgan fingerprint density at radius 3 is 2.84 bits per heavy atom. The third-order valence-corrected chi connectivity index (χ3v) is 4.05. The lowest BCUT2D eigenvalue weighted by atomic mass is 10.1. The summed E-state index contributed by atoms with van der Waals surface area (Å²) in [6.45, 7) is 3.92.